The van der Waals surface area contributed by atoms with Crippen LogP contribution in [0.5, 0.6) is 0 Å². The molecule has 0 unspecified atom stereocenters. The van der Waals surface area contributed by atoms with E-state index in [0.717, 1.165) is 21.7 Å². The molecule has 0 bridgehead atoms. The van der Waals surface area contributed by atoms with E-state index in [-0.39, 0.29) is 0 Å². The zero-order valence-corrected chi connectivity index (χ0v) is 12.0. The minimum atomic E-state index is 0.480. The fourth-order valence-corrected chi connectivity index (χ4v) is 1.98. The molecule has 0 saturated heterocycles. The SMILES string of the molecule is CNc1ncnc(NCc2nc(C)c(C)o2)c1Br. The summed E-state index contributed by atoms with van der Waals surface area (Å²) in [6.45, 7) is 4.29. The van der Waals surface area contributed by atoms with Gasteiger partial charge >= 0.3 is 0 Å². The number of nitrogens with one attached hydrogen (secondary N) is 2. The summed E-state index contributed by atoms with van der Waals surface area (Å²) in [6, 6.07) is 0. The topological polar surface area (TPSA) is 75.9 Å². The lowest BCUT2D eigenvalue weighted by Crippen LogP contribution is -2.05. The summed E-state index contributed by atoms with van der Waals surface area (Å²) in [7, 11) is 1.80. The van der Waals surface area contributed by atoms with Gasteiger partial charge in [0, 0.05) is 7.05 Å². The Morgan fingerprint density at radius 3 is 2.61 bits per heavy atom. The molecule has 0 amide bonds. The molecule has 0 aliphatic rings. The average molecular weight is 312 g/mol. The second kappa shape index (κ2) is 5.34. The summed E-state index contributed by atoms with van der Waals surface area (Å²) in [5, 5.41) is 6.12. The van der Waals surface area contributed by atoms with Crippen molar-refractivity contribution in [3.63, 3.8) is 0 Å². The van der Waals surface area contributed by atoms with Crippen molar-refractivity contribution in [2.75, 3.05) is 17.7 Å². The molecular formula is C11H14BrN5O. The third-order valence-corrected chi connectivity index (χ3v) is 3.26. The summed E-state index contributed by atoms with van der Waals surface area (Å²) < 4.78 is 6.27. The van der Waals surface area contributed by atoms with Gasteiger partial charge in [0.15, 0.2) is 0 Å². The van der Waals surface area contributed by atoms with E-state index in [1.807, 2.05) is 13.8 Å². The van der Waals surface area contributed by atoms with E-state index in [2.05, 4.69) is 41.5 Å². The van der Waals surface area contributed by atoms with E-state index >= 15 is 0 Å². The predicted octanol–water partition coefficient (Wildman–Crippen LogP) is 2.50. The Balaban J connectivity index is 2.10. The number of hydrogen-bond donors (Lipinski definition) is 2. The second-order valence-electron chi connectivity index (χ2n) is 3.74. The number of hydrogen-bond acceptors (Lipinski definition) is 6. The number of aryl methyl sites for hydroxylation is 2. The molecule has 0 aliphatic heterocycles. The molecule has 0 aromatic carbocycles. The molecule has 2 heterocycles. The van der Waals surface area contributed by atoms with Crippen LogP contribution in [-0.4, -0.2) is 22.0 Å². The standard InChI is InChI=1S/C11H14BrN5O/c1-6-7(2)18-8(17-6)4-14-11-9(12)10(13-3)15-5-16-11/h5H,4H2,1-3H3,(H2,13,14,15,16). The smallest absolute Gasteiger partial charge is 0.213 e. The first-order valence-electron chi connectivity index (χ1n) is 5.47. The van der Waals surface area contributed by atoms with Crippen molar-refractivity contribution in [1.82, 2.24) is 15.0 Å². The maximum Gasteiger partial charge on any atom is 0.213 e. The minimum absolute atomic E-state index is 0.480. The van der Waals surface area contributed by atoms with Gasteiger partial charge in [0.25, 0.3) is 0 Å². The average Bonchev–Trinajstić information content (AvgIpc) is 2.67. The Labute approximate surface area is 113 Å². The van der Waals surface area contributed by atoms with Gasteiger partial charge < -0.3 is 15.1 Å². The first-order valence-corrected chi connectivity index (χ1v) is 6.26. The Morgan fingerprint density at radius 1 is 1.28 bits per heavy atom. The van der Waals surface area contributed by atoms with Gasteiger partial charge in [-0.15, -0.1) is 0 Å². The summed E-state index contributed by atoms with van der Waals surface area (Å²) in [5.41, 5.74) is 0.907. The highest BCUT2D eigenvalue weighted by atomic mass is 79.9. The van der Waals surface area contributed by atoms with E-state index in [9.17, 15) is 0 Å². The lowest BCUT2D eigenvalue weighted by Gasteiger charge is -2.08. The van der Waals surface area contributed by atoms with Crippen molar-refractivity contribution in [2.24, 2.45) is 0 Å². The molecule has 0 radical (unpaired) electrons. The number of nitrogens with zero attached hydrogens (tertiary/aromatic N) is 3. The molecule has 0 saturated carbocycles. The Bertz CT molecular complexity index is 535. The molecule has 0 spiro atoms. The first kappa shape index (κ1) is 12.8. The fourth-order valence-electron chi connectivity index (χ4n) is 1.44. The highest BCUT2D eigenvalue weighted by molar-refractivity contribution is 9.10. The van der Waals surface area contributed by atoms with Crippen LogP contribution in [0.15, 0.2) is 15.2 Å². The van der Waals surface area contributed by atoms with E-state index < -0.39 is 0 Å². The Hall–Kier alpha value is -1.63. The maximum absolute atomic E-state index is 5.48. The molecule has 0 aliphatic carbocycles. The van der Waals surface area contributed by atoms with Crippen molar-refractivity contribution in [3.8, 4) is 0 Å². The van der Waals surface area contributed by atoms with Crippen molar-refractivity contribution in [2.45, 2.75) is 20.4 Å². The Morgan fingerprint density at radius 2 is 2.00 bits per heavy atom. The molecule has 2 rings (SSSR count). The molecule has 18 heavy (non-hydrogen) atoms. The zero-order valence-electron chi connectivity index (χ0n) is 10.4. The summed E-state index contributed by atoms with van der Waals surface area (Å²) >= 11 is 3.43. The van der Waals surface area contributed by atoms with Crippen LogP contribution in [0.25, 0.3) is 0 Å². The minimum Gasteiger partial charge on any atom is -0.444 e. The van der Waals surface area contributed by atoms with E-state index in [1.165, 1.54) is 6.33 Å². The van der Waals surface area contributed by atoms with Crippen molar-refractivity contribution < 1.29 is 4.42 Å². The van der Waals surface area contributed by atoms with Gasteiger partial charge in [-0.2, -0.15) is 0 Å². The van der Waals surface area contributed by atoms with Gasteiger partial charge in [-0.3, -0.25) is 0 Å². The van der Waals surface area contributed by atoms with Crippen LogP contribution in [0.4, 0.5) is 11.6 Å². The van der Waals surface area contributed by atoms with Gasteiger partial charge in [0.1, 0.15) is 28.2 Å². The molecule has 96 valence electrons. The van der Waals surface area contributed by atoms with E-state index in [4.69, 9.17) is 4.42 Å². The highest BCUT2D eigenvalue weighted by Gasteiger charge is 2.09. The summed E-state index contributed by atoms with van der Waals surface area (Å²) in [4.78, 5) is 12.5. The third-order valence-electron chi connectivity index (χ3n) is 2.51. The normalized spacial score (nSPS) is 10.4. The van der Waals surface area contributed by atoms with Crippen molar-refractivity contribution >= 4 is 27.6 Å². The van der Waals surface area contributed by atoms with Crippen LogP contribution in [0.2, 0.25) is 0 Å². The molecule has 2 aromatic heterocycles. The quantitative estimate of drug-likeness (QED) is 0.903. The van der Waals surface area contributed by atoms with Crippen LogP contribution < -0.4 is 10.6 Å². The molecule has 0 atom stereocenters. The number of halogens is 1. The fraction of sp³-hybridized carbons (Fsp3) is 0.364. The van der Waals surface area contributed by atoms with E-state index in [0.29, 0.717) is 18.3 Å². The third kappa shape index (κ3) is 2.61. The van der Waals surface area contributed by atoms with Gasteiger partial charge in [0.05, 0.1) is 12.2 Å². The van der Waals surface area contributed by atoms with Gasteiger partial charge in [-0.05, 0) is 29.8 Å². The zero-order chi connectivity index (χ0) is 13.1. The van der Waals surface area contributed by atoms with Crippen molar-refractivity contribution in [1.29, 1.82) is 0 Å². The number of rotatable bonds is 4. The molecule has 6 nitrogen and oxygen atoms in total. The number of anilines is 2. The lowest BCUT2D eigenvalue weighted by molar-refractivity contribution is 0.478. The predicted molar refractivity (Wildman–Crippen MR) is 72.6 cm³/mol. The molecule has 2 aromatic rings. The second-order valence-corrected chi connectivity index (χ2v) is 4.53. The lowest BCUT2D eigenvalue weighted by atomic mass is 10.4. The maximum atomic E-state index is 5.48. The van der Waals surface area contributed by atoms with Crippen LogP contribution in [-0.2, 0) is 6.54 Å². The Kier molecular flexibility index (Phi) is 3.81. The molecule has 7 heteroatoms. The summed E-state index contributed by atoms with van der Waals surface area (Å²) in [5.74, 6) is 2.90. The first-order chi connectivity index (χ1) is 8.61. The molecular weight excluding hydrogens is 298 g/mol. The van der Waals surface area contributed by atoms with Crippen LogP contribution >= 0.6 is 15.9 Å². The van der Waals surface area contributed by atoms with Crippen LogP contribution in [0.3, 0.4) is 0 Å². The van der Waals surface area contributed by atoms with Gasteiger partial charge in [0.2, 0.25) is 5.89 Å². The van der Waals surface area contributed by atoms with Crippen molar-refractivity contribution in [3.05, 3.63) is 28.1 Å². The van der Waals surface area contributed by atoms with Crippen LogP contribution in [0.1, 0.15) is 17.3 Å². The monoisotopic (exact) mass is 311 g/mol. The molecule has 0 fully saturated rings. The summed E-state index contributed by atoms with van der Waals surface area (Å²) in [6.07, 6.45) is 1.49. The van der Waals surface area contributed by atoms with Gasteiger partial charge in [-0.25, -0.2) is 15.0 Å². The highest BCUT2D eigenvalue weighted by Crippen LogP contribution is 2.26. The molecule has 2 N–H and O–H groups in total. The van der Waals surface area contributed by atoms with Gasteiger partial charge in [-0.1, -0.05) is 0 Å². The number of oxazole rings is 1. The van der Waals surface area contributed by atoms with E-state index in [1.54, 1.807) is 7.05 Å². The number of aromatic nitrogens is 3. The van der Waals surface area contributed by atoms with Crippen LogP contribution in [0, 0.1) is 13.8 Å². The largest absolute Gasteiger partial charge is 0.444 e.